The van der Waals surface area contributed by atoms with Gasteiger partial charge in [0.05, 0.1) is 19.8 Å². The predicted molar refractivity (Wildman–Crippen MR) is 89.1 cm³/mol. The molecule has 0 amide bonds. The first-order valence-electron chi connectivity index (χ1n) is 7.65. The van der Waals surface area contributed by atoms with E-state index in [0.717, 1.165) is 58.4 Å². The van der Waals surface area contributed by atoms with E-state index in [4.69, 9.17) is 4.74 Å². The van der Waals surface area contributed by atoms with E-state index in [1.165, 1.54) is 9.75 Å². The van der Waals surface area contributed by atoms with Crippen molar-refractivity contribution in [2.24, 2.45) is 4.99 Å². The summed E-state index contributed by atoms with van der Waals surface area (Å²) in [4.78, 5) is 9.70. The molecule has 1 aromatic heterocycles. The van der Waals surface area contributed by atoms with Crippen molar-refractivity contribution in [1.82, 2.24) is 15.5 Å². The Labute approximate surface area is 131 Å². The van der Waals surface area contributed by atoms with Crippen LogP contribution in [0, 0.1) is 6.92 Å². The molecule has 21 heavy (non-hydrogen) atoms. The molecule has 1 aliphatic rings. The van der Waals surface area contributed by atoms with Crippen molar-refractivity contribution >= 4 is 17.3 Å². The predicted octanol–water partition coefficient (Wildman–Crippen LogP) is 1.44. The first kappa shape index (κ1) is 16.3. The lowest BCUT2D eigenvalue weighted by atomic mass is 10.4. The Bertz CT molecular complexity index is 441. The van der Waals surface area contributed by atoms with Gasteiger partial charge in [-0.3, -0.25) is 4.90 Å². The van der Waals surface area contributed by atoms with Gasteiger partial charge in [0.25, 0.3) is 0 Å². The number of rotatable bonds is 6. The van der Waals surface area contributed by atoms with Crippen LogP contribution in [0.5, 0.6) is 0 Å². The maximum atomic E-state index is 5.36. The molecule has 1 saturated heterocycles. The normalized spacial score (nSPS) is 17.0. The van der Waals surface area contributed by atoms with Crippen LogP contribution in [0.4, 0.5) is 0 Å². The van der Waals surface area contributed by atoms with Crippen LogP contribution < -0.4 is 10.6 Å². The van der Waals surface area contributed by atoms with Crippen molar-refractivity contribution < 1.29 is 4.74 Å². The van der Waals surface area contributed by atoms with Gasteiger partial charge in [-0.1, -0.05) is 0 Å². The third-order valence-electron chi connectivity index (χ3n) is 3.36. The van der Waals surface area contributed by atoms with Crippen molar-refractivity contribution in [2.45, 2.75) is 20.4 Å². The smallest absolute Gasteiger partial charge is 0.191 e. The van der Waals surface area contributed by atoms with Gasteiger partial charge in [0.15, 0.2) is 5.96 Å². The number of guanidine groups is 1. The third-order valence-corrected chi connectivity index (χ3v) is 4.34. The number of aliphatic imine (C=N–C) groups is 1. The lowest BCUT2D eigenvalue weighted by Crippen LogP contribution is -2.44. The molecule has 0 radical (unpaired) electrons. The fourth-order valence-corrected chi connectivity index (χ4v) is 3.04. The average molecular weight is 310 g/mol. The molecule has 118 valence electrons. The first-order valence-corrected chi connectivity index (χ1v) is 8.47. The zero-order valence-electron chi connectivity index (χ0n) is 13.0. The molecule has 5 nitrogen and oxygen atoms in total. The Morgan fingerprint density at radius 1 is 1.33 bits per heavy atom. The fraction of sp³-hybridized carbons (Fsp3) is 0.667. The Morgan fingerprint density at radius 3 is 2.81 bits per heavy atom. The largest absolute Gasteiger partial charge is 0.379 e. The van der Waals surface area contributed by atoms with Gasteiger partial charge in [0, 0.05) is 42.5 Å². The van der Waals surface area contributed by atoms with E-state index in [2.05, 4.69) is 46.5 Å². The summed E-state index contributed by atoms with van der Waals surface area (Å²) in [7, 11) is 0. The summed E-state index contributed by atoms with van der Waals surface area (Å²) >= 11 is 1.81. The molecule has 0 atom stereocenters. The van der Waals surface area contributed by atoms with E-state index in [1.807, 2.05) is 11.3 Å². The second-order valence-electron chi connectivity index (χ2n) is 5.09. The van der Waals surface area contributed by atoms with E-state index in [-0.39, 0.29) is 0 Å². The standard InChI is InChI=1S/C15H26N4OS/c1-3-16-15(18-12-14-5-4-13(2)21-14)17-6-7-19-8-10-20-11-9-19/h4-5H,3,6-12H2,1-2H3,(H2,16,17,18). The highest BCUT2D eigenvalue weighted by molar-refractivity contribution is 7.11. The summed E-state index contributed by atoms with van der Waals surface area (Å²) in [6.45, 7) is 11.6. The van der Waals surface area contributed by atoms with Gasteiger partial charge in [-0.05, 0) is 26.0 Å². The number of hydrogen-bond acceptors (Lipinski definition) is 4. The second-order valence-corrected chi connectivity index (χ2v) is 6.46. The Hall–Kier alpha value is -1.11. The van der Waals surface area contributed by atoms with E-state index in [9.17, 15) is 0 Å². The van der Waals surface area contributed by atoms with Gasteiger partial charge >= 0.3 is 0 Å². The summed E-state index contributed by atoms with van der Waals surface area (Å²) in [5, 5.41) is 6.70. The van der Waals surface area contributed by atoms with Gasteiger partial charge in [0.1, 0.15) is 0 Å². The molecular formula is C15H26N4OS. The zero-order chi connectivity index (χ0) is 14.9. The zero-order valence-corrected chi connectivity index (χ0v) is 13.8. The highest BCUT2D eigenvalue weighted by atomic mass is 32.1. The number of hydrogen-bond donors (Lipinski definition) is 2. The third kappa shape index (κ3) is 6.03. The number of nitrogens with one attached hydrogen (secondary N) is 2. The molecule has 2 rings (SSSR count). The van der Waals surface area contributed by atoms with E-state index < -0.39 is 0 Å². The van der Waals surface area contributed by atoms with Crippen molar-refractivity contribution in [3.05, 3.63) is 21.9 Å². The Kier molecular flexibility index (Phi) is 6.99. The number of ether oxygens (including phenoxy) is 1. The van der Waals surface area contributed by atoms with Gasteiger partial charge in [0.2, 0.25) is 0 Å². The van der Waals surface area contributed by atoms with Crippen LogP contribution >= 0.6 is 11.3 Å². The van der Waals surface area contributed by atoms with Crippen LogP contribution in [0.2, 0.25) is 0 Å². The minimum atomic E-state index is 0.741. The molecule has 1 fully saturated rings. The lowest BCUT2D eigenvalue weighted by Gasteiger charge is -2.26. The number of morpholine rings is 1. The highest BCUT2D eigenvalue weighted by Gasteiger charge is 2.09. The first-order chi connectivity index (χ1) is 10.3. The van der Waals surface area contributed by atoms with E-state index in [0.29, 0.717) is 0 Å². The van der Waals surface area contributed by atoms with Crippen molar-refractivity contribution in [1.29, 1.82) is 0 Å². The van der Waals surface area contributed by atoms with Crippen molar-refractivity contribution in [3.63, 3.8) is 0 Å². The maximum absolute atomic E-state index is 5.36. The molecule has 0 bridgehead atoms. The molecule has 1 aliphatic heterocycles. The van der Waals surface area contributed by atoms with Crippen LogP contribution in [0.25, 0.3) is 0 Å². The van der Waals surface area contributed by atoms with Crippen LogP contribution in [0.1, 0.15) is 16.7 Å². The monoisotopic (exact) mass is 310 g/mol. The number of nitrogens with zero attached hydrogens (tertiary/aromatic N) is 2. The van der Waals surface area contributed by atoms with Crippen molar-refractivity contribution in [2.75, 3.05) is 45.9 Å². The van der Waals surface area contributed by atoms with Gasteiger partial charge in [-0.2, -0.15) is 0 Å². The van der Waals surface area contributed by atoms with Crippen LogP contribution in [-0.4, -0.2) is 56.8 Å². The molecule has 0 aliphatic carbocycles. The van der Waals surface area contributed by atoms with E-state index in [1.54, 1.807) is 0 Å². The van der Waals surface area contributed by atoms with Crippen molar-refractivity contribution in [3.8, 4) is 0 Å². The molecule has 2 heterocycles. The van der Waals surface area contributed by atoms with Crippen LogP contribution in [-0.2, 0) is 11.3 Å². The SMILES string of the molecule is CCNC(=NCc1ccc(C)s1)NCCN1CCOCC1. The van der Waals surface area contributed by atoms with Gasteiger partial charge in [-0.25, -0.2) is 4.99 Å². The summed E-state index contributed by atoms with van der Waals surface area (Å²) in [5.74, 6) is 0.900. The molecule has 0 saturated carbocycles. The topological polar surface area (TPSA) is 48.9 Å². The summed E-state index contributed by atoms with van der Waals surface area (Å²) in [6.07, 6.45) is 0. The second kappa shape index (κ2) is 9.02. The molecule has 1 aromatic rings. The maximum Gasteiger partial charge on any atom is 0.191 e. The van der Waals surface area contributed by atoms with E-state index >= 15 is 0 Å². The van der Waals surface area contributed by atoms with Crippen LogP contribution in [0.15, 0.2) is 17.1 Å². The minimum absolute atomic E-state index is 0.741. The Balaban J connectivity index is 1.74. The average Bonchev–Trinajstić information content (AvgIpc) is 2.91. The number of aryl methyl sites for hydroxylation is 1. The molecule has 2 N–H and O–H groups in total. The highest BCUT2D eigenvalue weighted by Crippen LogP contribution is 2.15. The minimum Gasteiger partial charge on any atom is -0.379 e. The molecule has 6 heteroatoms. The molecule has 0 aromatic carbocycles. The van der Waals surface area contributed by atoms with Gasteiger partial charge < -0.3 is 15.4 Å². The fourth-order valence-electron chi connectivity index (χ4n) is 2.23. The molecule has 0 unspecified atom stereocenters. The number of thiophene rings is 1. The molecular weight excluding hydrogens is 284 g/mol. The Morgan fingerprint density at radius 2 is 2.14 bits per heavy atom. The summed E-state index contributed by atoms with van der Waals surface area (Å²) in [5.41, 5.74) is 0. The van der Waals surface area contributed by atoms with Crippen LogP contribution in [0.3, 0.4) is 0 Å². The molecule has 0 spiro atoms. The summed E-state index contributed by atoms with van der Waals surface area (Å²) in [6, 6.07) is 4.30. The van der Waals surface area contributed by atoms with Gasteiger partial charge in [-0.15, -0.1) is 11.3 Å². The quantitative estimate of drug-likeness (QED) is 0.617. The lowest BCUT2D eigenvalue weighted by molar-refractivity contribution is 0.0389. The summed E-state index contributed by atoms with van der Waals surface area (Å²) < 4.78 is 5.36.